The molecule has 0 radical (unpaired) electrons. The van der Waals surface area contributed by atoms with Crippen molar-refractivity contribution in [2.45, 2.75) is 19.4 Å². The van der Waals surface area contributed by atoms with Crippen LogP contribution < -0.4 is 5.73 Å². The summed E-state index contributed by atoms with van der Waals surface area (Å²) in [6.45, 7) is 1.92. The number of hydrogen-bond acceptors (Lipinski definition) is 2. The Kier molecular flexibility index (Phi) is 3.63. The molecule has 0 aliphatic carbocycles. The third-order valence-electron chi connectivity index (χ3n) is 3.03. The van der Waals surface area contributed by atoms with E-state index in [0.29, 0.717) is 6.42 Å². The van der Waals surface area contributed by atoms with E-state index in [1.807, 2.05) is 19.1 Å². The minimum absolute atomic E-state index is 0.231. The molecule has 0 fully saturated rings. The zero-order valence-corrected chi connectivity index (χ0v) is 10.2. The molecule has 1 atom stereocenters. The fourth-order valence-electron chi connectivity index (χ4n) is 2.01. The Morgan fingerprint density at radius 1 is 1.17 bits per heavy atom. The van der Waals surface area contributed by atoms with Crippen LogP contribution in [0.25, 0.3) is 0 Å². The summed E-state index contributed by atoms with van der Waals surface area (Å²) in [6, 6.07) is 11.3. The molecular formula is C15H16FNO. The van der Waals surface area contributed by atoms with E-state index >= 15 is 0 Å². The van der Waals surface area contributed by atoms with Crippen LogP contribution >= 0.6 is 0 Å². The molecule has 0 aliphatic heterocycles. The van der Waals surface area contributed by atoms with Crippen molar-refractivity contribution in [1.82, 2.24) is 0 Å². The van der Waals surface area contributed by atoms with Crippen molar-refractivity contribution in [3.63, 3.8) is 0 Å². The standard InChI is InChI=1S/C15H16FNO/c1-10-2-5-12(16)9-14(10)15(17)8-11-3-6-13(18)7-4-11/h2-7,9,15,18H,8,17H2,1H3. The topological polar surface area (TPSA) is 46.2 Å². The number of phenols is 1. The molecule has 1 unspecified atom stereocenters. The molecule has 2 rings (SSSR count). The number of halogens is 1. The predicted octanol–water partition coefficient (Wildman–Crippen LogP) is 3.08. The number of rotatable bonds is 3. The van der Waals surface area contributed by atoms with Gasteiger partial charge < -0.3 is 10.8 Å². The van der Waals surface area contributed by atoms with Crippen molar-refractivity contribution >= 4 is 0 Å². The van der Waals surface area contributed by atoms with Crippen molar-refractivity contribution in [2.24, 2.45) is 5.73 Å². The highest BCUT2D eigenvalue weighted by Gasteiger charge is 2.11. The highest BCUT2D eigenvalue weighted by atomic mass is 19.1. The van der Waals surface area contributed by atoms with Crippen LogP contribution in [-0.2, 0) is 6.42 Å². The molecule has 0 amide bonds. The number of benzene rings is 2. The van der Waals surface area contributed by atoms with Gasteiger partial charge in [0.2, 0.25) is 0 Å². The van der Waals surface area contributed by atoms with Crippen molar-refractivity contribution in [2.75, 3.05) is 0 Å². The average molecular weight is 245 g/mol. The van der Waals surface area contributed by atoms with E-state index in [9.17, 15) is 9.50 Å². The second kappa shape index (κ2) is 5.19. The molecule has 3 N–H and O–H groups in total. The van der Waals surface area contributed by atoms with Crippen LogP contribution in [0.5, 0.6) is 5.75 Å². The molecule has 0 aliphatic rings. The summed E-state index contributed by atoms with van der Waals surface area (Å²) in [5.41, 5.74) is 8.93. The zero-order valence-electron chi connectivity index (χ0n) is 10.2. The van der Waals surface area contributed by atoms with Gasteiger partial charge >= 0.3 is 0 Å². The van der Waals surface area contributed by atoms with Crippen LogP contribution in [0, 0.1) is 12.7 Å². The van der Waals surface area contributed by atoms with E-state index in [2.05, 4.69) is 0 Å². The molecule has 3 heteroatoms. The fourth-order valence-corrected chi connectivity index (χ4v) is 2.01. The van der Waals surface area contributed by atoms with E-state index in [1.165, 1.54) is 12.1 Å². The molecule has 0 saturated carbocycles. The summed E-state index contributed by atoms with van der Waals surface area (Å²) < 4.78 is 13.2. The van der Waals surface area contributed by atoms with E-state index in [-0.39, 0.29) is 17.6 Å². The molecule has 0 heterocycles. The fraction of sp³-hybridized carbons (Fsp3) is 0.200. The van der Waals surface area contributed by atoms with Crippen molar-refractivity contribution in [1.29, 1.82) is 0 Å². The highest BCUT2D eigenvalue weighted by Crippen LogP contribution is 2.21. The number of nitrogens with two attached hydrogens (primary N) is 1. The molecule has 2 aromatic rings. The quantitative estimate of drug-likeness (QED) is 0.872. The number of hydrogen-bond donors (Lipinski definition) is 2. The van der Waals surface area contributed by atoms with Gasteiger partial charge in [-0.1, -0.05) is 18.2 Å². The maximum atomic E-state index is 13.2. The van der Waals surface area contributed by atoms with Gasteiger partial charge in [0.1, 0.15) is 11.6 Å². The maximum absolute atomic E-state index is 13.2. The van der Waals surface area contributed by atoms with Crippen LogP contribution in [0.3, 0.4) is 0 Å². The Morgan fingerprint density at radius 3 is 2.50 bits per heavy atom. The van der Waals surface area contributed by atoms with Crippen LogP contribution in [0.2, 0.25) is 0 Å². The van der Waals surface area contributed by atoms with Crippen LogP contribution in [0.1, 0.15) is 22.7 Å². The summed E-state index contributed by atoms with van der Waals surface area (Å²) in [5, 5.41) is 9.21. The summed E-state index contributed by atoms with van der Waals surface area (Å²) in [6.07, 6.45) is 0.616. The lowest BCUT2D eigenvalue weighted by Gasteiger charge is -2.15. The molecule has 0 aromatic heterocycles. The van der Waals surface area contributed by atoms with Crippen LogP contribution in [0.4, 0.5) is 4.39 Å². The van der Waals surface area contributed by atoms with E-state index in [4.69, 9.17) is 5.73 Å². The lowest BCUT2D eigenvalue weighted by Crippen LogP contribution is -2.15. The van der Waals surface area contributed by atoms with Gasteiger partial charge in [-0.05, 0) is 54.3 Å². The lowest BCUT2D eigenvalue weighted by molar-refractivity contribution is 0.475. The third-order valence-corrected chi connectivity index (χ3v) is 3.03. The normalized spacial score (nSPS) is 12.4. The van der Waals surface area contributed by atoms with Gasteiger partial charge in [0.25, 0.3) is 0 Å². The van der Waals surface area contributed by atoms with Gasteiger partial charge in [0.15, 0.2) is 0 Å². The Bertz CT molecular complexity index is 537. The Labute approximate surface area is 106 Å². The first-order valence-corrected chi connectivity index (χ1v) is 5.86. The maximum Gasteiger partial charge on any atom is 0.123 e. The smallest absolute Gasteiger partial charge is 0.123 e. The predicted molar refractivity (Wildman–Crippen MR) is 69.9 cm³/mol. The molecule has 2 aromatic carbocycles. The van der Waals surface area contributed by atoms with Crippen LogP contribution in [0.15, 0.2) is 42.5 Å². The average Bonchev–Trinajstić information content (AvgIpc) is 2.35. The number of aromatic hydroxyl groups is 1. The first-order valence-electron chi connectivity index (χ1n) is 5.86. The molecule has 0 saturated heterocycles. The summed E-state index contributed by atoms with van der Waals surface area (Å²) in [4.78, 5) is 0. The monoisotopic (exact) mass is 245 g/mol. The van der Waals surface area contributed by atoms with Gasteiger partial charge in [0, 0.05) is 6.04 Å². The van der Waals surface area contributed by atoms with Crippen molar-refractivity contribution in [3.8, 4) is 5.75 Å². The second-order valence-electron chi connectivity index (χ2n) is 4.48. The number of aryl methyl sites for hydroxylation is 1. The van der Waals surface area contributed by atoms with Gasteiger partial charge in [0.05, 0.1) is 0 Å². The van der Waals surface area contributed by atoms with Gasteiger partial charge in [-0.2, -0.15) is 0 Å². The zero-order chi connectivity index (χ0) is 13.1. The minimum Gasteiger partial charge on any atom is -0.508 e. The summed E-state index contributed by atoms with van der Waals surface area (Å²) in [7, 11) is 0. The molecule has 94 valence electrons. The Hall–Kier alpha value is -1.87. The SMILES string of the molecule is Cc1ccc(F)cc1C(N)Cc1ccc(O)cc1. The molecule has 0 spiro atoms. The van der Waals surface area contributed by atoms with Gasteiger partial charge in [-0.3, -0.25) is 0 Å². The number of phenolic OH excluding ortho intramolecular Hbond substituents is 1. The summed E-state index contributed by atoms with van der Waals surface area (Å²) in [5.74, 6) is -0.0361. The van der Waals surface area contributed by atoms with Crippen LogP contribution in [-0.4, -0.2) is 5.11 Å². The van der Waals surface area contributed by atoms with Gasteiger partial charge in [-0.15, -0.1) is 0 Å². The van der Waals surface area contributed by atoms with E-state index < -0.39 is 0 Å². The first-order chi connectivity index (χ1) is 8.56. The second-order valence-corrected chi connectivity index (χ2v) is 4.48. The Morgan fingerprint density at radius 2 is 1.83 bits per heavy atom. The van der Waals surface area contributed by atoms with Crippen molar-refractivity contribution in [3.05, 3.63) is 65.0 Å². The molecule has 2 nitrogen and oxygen atoms in total. The molecular weight excluding hydrogens is 229 g/mol. The summed E-state index contributed by atoms with van der Waals surface area (Å²) >= 11 is 0. The highest BCUT2D eigenvalue weighted by molar-refractivity contribution is 5.32. The molecule has 0 bridgehead atoms. The van der Waals surface area contributed by atoms with E-state index in [1.54, 1.807) is 18.2 Å². The molecule has 18 heavy (non-hydrogen) atoms. The van der Waals surface area contributed by atoms with E-state index in [0.717, 1.165) is 16.7 Å². The lowest BCUT2D eigenvalue weighted by atomic mass is 9.96. The first kappa shape index (κ1) is 12.6. The van der Waals surface area contributed by atoms with Gasteiger partial charge in [-0.25, -0.2) is 4.39 Å². The Balaban J connectivity index is 2.18. The largest absolute Gasteiger partial charge is 0.508 e. The van der Waals surface area contributed by atoms with Crippen molar-refractivity contribution < 1.29 is 9.50 Å². The minimum atomic E-state index is -0.267. The third kappa shape index (κ3) is 2.87.